The number of methoxy groups -OCH3 is 1. The van der Waals surface area contributed by atoms with Crippen LogP contribution in [0.25, 0.3) is 16.7 Å². The number of nitrogens with zero attached hydrogens (tertiary/aromatic N) is 2. The number of fused-ring (bicyclic) bond motifs is 1. The molecule has 140 valence electrons. The molecule has 4 rings (SSSR count). The maximum absolute atomic E-state index is 12.4. The first-order valence-electron chi connectivity index (χ1n) is 9.10. The molecule has 0 atom stereocenters. The Balaban J connectivity index is 1.46. The second-order valence-corrected chi connectivity index (χ2v) is 6.68. The molecular formula is C23H21N3O2. The van der Waals surface area contributed by atoms with Crippen LogP contribution in [0.1, 0.15) is 11.1 Å². The number of hydrogen-bond donors (Lipinski definition) is 1. The van der Waals surface area contributed by atoms with Crippen molar-refractivity contribution in [3.63, 3.8) is 0 Å². The Morgan fingerprint density at radius 1 is 1.07 bits per heavy atom. The molecule has 0 aliphatic heterocycles. The fourth-order valence-corrected chi connectivity index (χ4v) is 3.24. The number of aryl methyl sites for hydroxylation is 1. The molecule has 5 nitrogen and oxygen atoms in total. The molecule has 0 saturated carbocycles. The maximum Gasteiger partial charge on any atom is 0.228 e. The zero-order valence-corrected chi connectivity index (χ0v) is 15.8. The Morgan fingerprint density at radius 3 is 2.64 bits per heavy atom. The predicted octanol–water partition coefficient (Wildman–Crippen LogP) is 4.52. The lowest BCUT2D eigenvalue weighted by molar-refractivity contribution is -0.115. The van der Waals surface area contributed by atoms with Crippen molar-refractivity contribution in [2.45, 2.75) is 13.3 Å². The minimum absolute atomic E-state index is 0.0632. The van der Waals surface area contributed by atoms with Gasteiger partial charge in [0.2, 0.25) is 5.91 Å². The number of aromatic nitrogens is 2. The normalized spacial score (nSPS) is 10.8. The minimum atomic E-state index is -0.0632. The highest BCUT2D eigenvalue weighted by Gasteiger charge is 2.08. The van der Waals surface area contributed by atoms with Gasteiger partial charge in [-0.1, -0.05) is 24.3 Å². The van der Waals surface area contributed by atoms with E-state index >= 15 is 0 Å². The van der Waals surface area contributed by atoms with Crippen molar-refractivity contribution in [3.8, 4) is 11.4 Å². The molecule has 5 heteroatoms. The van der Waals surface area contributed by atoms with Crippen molar-refractivity contribution in [2.24, 2.45) is 0 Å². The van der Waals surface area contributed by atoms with Crippen LogP contribution < -0.4 is 10.1 Å². The molecule has 0 saturated heterocycles. The van der Waals surface area contributed by atoms with E-state index in [0.29, 0.717) is 6.42 Å². The largest absolute Gasteiger partial charge is 0.496 e. The molecule has 0 radical (unpaired) electrons. The molecule has 0 aliphatic rings. The van der Waals surface area contributed by atoms with E-state index in [9.17, 15) is 4.79 Å². The topological polar surface area (TPSA) is 56.1 Å². The SMILES string of the molecule is COc1cc(CC(=O)Nc2ccc(-n3cnc4ccccc43)cc2)ccc1C. The molecule has 0 spiro atoms. The molecule has 0 bridgehead atoms. The van der Waals surface area contributed by atoms with E-state index in [4.69, 9.17) is 4.74 Å². The Labute approximate surface area is 163 Å². The van der Waals surface area contributed by atoms with Crippen LogP contribution in [0.5, 0.6) is 5.75 Å². The van der Waals surface area contributed by atoms with E-state index in [2.05, 4.69) is 10.3 Å². The summed E-state index contributed by atoms with van der Waals surface area (Å²) in [6.45, 7) is 1.98. The van der Waals surface area contributed by atoms with Crippen molar-refractivity contribution in [1.29, 1.82) is 0 Å². The standard InChI is InChI=1S/C23H21N3O2/c1-16-7-8-17(13-22(16)28-2)14-23(27)25-18-9-11-19(12-10-18)26-15-24-20-5-3-4-6-21(20)26/h3-13,15H,14H2,1-2H3,(H,25,27). The van der Waals surface area contributed by atoms with E-state index in [1.807, 2.05) is 84.5 Å². The highest BCUT2D eigenvalue weighted by Crippen LogP contribution is 2.21. The summed E-state index contributed by atoms with van der Waals surface area (Å²) in [4.78, 5) is 16.8. The molecule has 3 aromatic carbocycles. The average molecular weight is 371 g/mol. The molecule has 1 amide bonds. The summed E-state index contributed by atoms with van der Waals surface area (Å²) in [5.41, 5.74) is 5.73. The Morgan fingerprint density at radius 2 is 1.86 bits per heavy atom. The van der Waals surface area contributed by atoms with Gasteiger partial charge in [-0.15, -0.1) is 0 Å². The number of nitrogens with one attached hydrogen (secondary N) is 1. The van der Waals surface area contributed by atoms with Crippen LogP contribution in [0.4, 0.5) is 5.69 Å². The Kier molecular flexibility index (Phi) is 4.81. The number of para-hydroxylation sites is 2. The molecule has 0 aliphatic carbocycles. The van der Waals surface area contributed by atoms with Crippen LogP contribution in [0.2, 0.25) is 0 Å². The first kappa shape index (κ1) is 17.8. The fourth-order valence-electron chi connectivity index (χ4n) is 3.24. The molecule has 1 N–H and O–H groups in total. The zero-order valence-electron chi connectivity index (χ0n) is 15.8. The number of rotatable bonds is 5. The third-order valence-corrected chi connectivity index (χ3v) is 4.72. The monoisotopic (exact) mass is 371 g/mol. The summed E-state index contributed by atoms with van der Waals surface area (Å²) in [6.07, 6.45) is 2.10. The highest BCUT2D eigenvalue weighted by atomic mass is 16.5. The molecule has 28 heavy (non-hydrogen) atoms. The van der Waals surface area contributed by atoms with Gasteiger partial charge < -0.3 is 10.1 Å². The summed E-state index contributed by atoms with van der Waals surface area (Å²) >= 11 is 0. The van der Waals surface area contributed by atoms with Crippen molar-refractivity contribution >= 4 is 22.6 Å². The van der Waals surface area contributed by atoms with Gasteiger partial charge in [0, 0.05) is 11.4 Å². The second-order valence-electron chi connectivity index (χ2n) is 6.68. The third-order valence-electron chi connectivity index (χ3n) is 4.72. The molecule has 0 unspecified atom stereocenters. The summed E-state index contributed by atoms with van der Waals surface area (Å²) in [7, 11) is 1.64. The van der Waals surface area contributed by atoms with Gasteiger partial charge >= 0.3 is 0 Å². The summed E-state index contributed by atoms with van der Waals surface area (Å²) in [5, 5.41) is 2.95. The van der Waals surface area contributed by atoms with Crippen molar-refractivity contribution in [3.05, 3.63) is 84.2 Å². The molecular weight excluding hydrogens is 350 g/mol. The third kappa shape index (κ3) is 3.60. The van der Waals surface area contributed by atoms with E-state index in [0.717, 1.165) is 39.3 Å². The van der Waals surface area contributed by atoms with E-state index < -0.39 is 0 Å². The Bertz CT molecular complexity index is 1130. The number of ether oxygens (including phenoxy) is 1. The molecule has 1 aromatic heterocycles. The molecule has 1 heterocycles. The van der Waals surface area contributed by atoms with E-state index in [1.54, 1.807) is 7.11 Å². The quantitative estimate of drug-likeness (QED) is 0.561. The van der Waals surface area contributed by atoms with Gasteiger partial charge in [0.05, 0.1) is 24.6 Å². The fraction of sp³-hybridized carbons (Fsp3) is 0.130. The smallest absolute Gasteiger partial charge is 0.228 e. The van der Waals surface area contributed by atoms with Gasteiger partial charge in [0.25, 0.3) is 0 Å². The maximum atomic E-state index is 12.4. The summed E-state index contributed by atoms with van der Waals surface area (Å²) in [5.74, 6) is 0.731. The van der Waals surface area contributed by atoms with Gasteiger partial charge in [-0.25, -0.2) is 4.98 Å². The zero-order chi connectivity index (χ0) is 19.5. The van der Waals surface area contributed by atoms with Crippen LogP contribution in [-0.4, -0.2) is 22.6 Å². The first-order chi connectivity index (χ1) is 13.6. The van der Waals surface area contributed by atoms with E-state index in [-0.39, 0.29) is 5.91 Å². The lowest BCUT2D eigenvalue weighted by atomic mass is 10.1. The predicted molar refractivity (Wildman–Crippen MR) is 111 cm³/mol. The van der Waals surface area contributed by atoms with Crippen LogP contribution in [0.3, 0.4) is 0 Å². The minimum Gasteiger partial charge on any atom is -0.496 e. The van der Waals surface area contributed by atoms with Gasteiger partial charge in [0.15, 0.2) is 0 Å². The van der Waals surface area contributed by atoms with Gasteiger partial charge in [-0.2, -0.15) is 0 Å². The second kappa shape index (κ2) is 7.56. The lowest BCUT2D eigenvalue weighted by Gasteiger charge is -2.10. The number of amides is 1. The molecule has 4 aromatic rings. The van der Waals surface area contributed by atoms with Crippen LogP contribution in [-0.2, 0) is 11.2 Å². The van der Waals surface area contributed by atoms with Crippen molar-refractivity contribution < 1.29 is 9.53 Å². The average Bonchev–Trinajstić information content (AvgIpc) is 3.14. The van der Waals surface area contributed by atoms with Crippen LogP contribution >= 0.6 is 0 Å². The van der Waals surface area contributed by atoms with Crippen LogP contribution in [0, 0.1) is 6.92 Å². The number of benzene rings is 3. The first-order valence-corrected chi connectivity index (χ1v) is 9.10. The van der Waals surface area contributed by atoms with Crippen LogP contribution in [0.15, 0.2) is 73.1 Å². The summed E-state index contributed by atoms with van der Waals surface area (Å²) in [6, 6.07) is 21.6. The van der Waals surface area contributed by atoms with E-state index in [1.165, 1.54) is 0 Å². The highest BCUT2D eigenvalue weighted by molar-refractivity contribution is 5.92. The van der Waals surface area contributed by atoms with Crippen molar-refractivity contribution in [2.75, 3.05) is 12.4 Å². The summed E-state index contributed by atoms with van der Waals surface area (Å²) < 4.78 is 7.35. The lowest BCUT2D eigenvalue weighted by Crippen LogP contribution is -2.14. The van der Waals surface area contributed by atoms with Gasteiger partial charge in [-0.05, 0) is 60.5 Å². The number of anilines is 1. The number of imidazole rings is 1. The van der Waals surface area contributed by atoms with Gasteiger partial charge in [0.1, 0.15) is 12.1 Å². The van der Waals surface area contributed by atoms with Gasteiger partial charge in [-0.3, -0.25) is 9.36 Å². The number of hydrogen-bond acceptors (Lipinski definition) is 3. The number of carbonyl (C=O) groups excluding carboxylic acids is 1. The van der Waals surface area contributed by atoms with Crippen molar-refractivity contribution in [1.82, 2.24) is 9.55 Å². The number of carbonyl (C=O) groups is 1. The Hall–Kier alpha value is -3.60. The molecule has 0 fully saturated rings.